The lowest BCUT2D eigenvalue weighted by Crippen LogP contribution is -2.21. The van der Waals surface area contributed by atoms with E-state index in [9.17, 15) is 0 Å². The Morgan fingerprint density at radius 3 is 2.36 bits per heavy atom. The molecule has 1 aromatic heterocycles. The Hall–Kier alpha value is -2.79. The first-order valence-corrected chi connectivity index (χ1v) is 9.91. The SMILES string of the molecule is CCN(CC)c1ccc(Nc2cc(C)nc(NCc3ccccc3Cl)n2)cc1. The molecule has 0 amide bonds. The predicted octanol–water partition coefficient (Wildman–Crippen LogP) is 5.64. The van der Waals surface area contributed by atoms with Crippen LogP contribution >= 0.6 is 11.6 Å². The van der Waals surface area contributed by atoms with E-state index in [-0.39, 0.29) is 0 Å². The minimum Gasteiger partial charge on any atom is -0.372 e. The van der Waals surface area contributed by atoms with Gasteiger partial charge < -0.3 is 15.5 Å². The van der Waals surface area contributed by atoms with Gasteiger partial charge in [-0.15, -0.1) is 0 Å². The molecule has 0 atom stereocenters. The number of nitrogens with zero attached hydrogens (tertiary/aromatic N) is 3. The fraction of sp³-hybridized carbons (Fsp3) is 0.273. The molecular weight excluding hydrogens is 370 g/mol. The van der Waals surface area contributed by atoms with Crippen LogP contribution in [0.5, 0.6) is 0 Å². The third kappa shape index (κ3) is 5.14. The van der Waals surface area contributed by atoms with Gasteiger partial charge in [-0.1, -0.05) is 29.8 Å². The van der Waals surface area contributed by atoms with Crippen LogP contribution in [0.25, 0.3) is 0 Å². The van der Waals surface area contributed by atoms with Gasteiger partial charge in [0.25, 0.3) is 0 Å². The first-order chi connectivity index (χ1) is 13.6. The minimum absolute atomic E-state index is 0.571. The van der Waals surface area contributed by atoms with Crippen LogP contribution in [0.2, 0.25) is 5.02 Å². The van der Waals surface area contributed by atoms with Crippen LogP contribution in [0.15, 0.2) is 54.6 Å². The third-order valence-corrected chi connectivity index (χ3v) is 4.89. The summed E-state index contributed by atoms with van der Waals surface area (Å²) in [6, 6.07) is 18.1. The number of rotatable bonds is 8. The molecule has 0 aliphatic heterocycles. The van der Waals surface area contributed by atoms with Crippen molar-refractivity contribution >= 4 is 34.7 Å². The van der Waals surface area contributed by atoms with Crippen LogP contribution in [0.3, 0.4) is 0 Å². The highest BCUT2D eigenvalue weighted by atomic mass is 35.5. The zero-order valence-electron chi connectivity index (χ0n) is 16.5. The molecule has 0 saturated heterocycles. The molecule has 2 N–H and O–H groups in total. The van der Waals surface area contributed by atoms with E-state index < -0.39 is 0 Å². The zero-order valence-corrected chi connectivity index (χ0v) is 17.3. The molecule has 3 rings (SSSR count). The molecule has 0 radical (unpaired) electrons. The number of hydrogen-bond acceptors (Lipinski definition) is 5. The Bertz CT molecular complexity index is 907. The molecule has 5 nitrogen and oxygen atoms in total. The standard InChI is InChI=1S/C22H26ClN5/c1-4-28(5-2)19-12-10-18(11-13-19)26-21-14-16(3)25-22(27-21)24-15-17-8-6-7-9-20(17)23/h6-14H,4-5,15H2,1-3H3,(H2,24,25,26,27). The van der Waals surface area contributed by atoms with E-state index in [0.29, 0.717) is 12.5 Å². The molecule has 2 aromatic carbocycles. The molecule has 0 saturated carbocycles. The molecule has 0 unspecified atom stereocenters. The monoisotopic (exact) mass is 395 g/mol. The molecule has 6 heteroatoms. The number of benzene rings is 2. The van der Waals surface area contributed by atoms with Gasteiger partial charge in [0.05, 0.1) is 0 Å². The van der Waals surface area contributed by atoms with Gasteiger partial charge in [-0.25, -0.2) is 4.98 Å². The summed E-state index contributed by atoms with van der Waals surface area (Å²) in [5.74, 6) is 1.33. The quantitative estimate of drug-likeness (QED) is 0.516. The number of nitrogens with one attached hydrogen (secondary N) is 2. The molecule has 0 fully saturated rings. The maximum absolute atomic E-state index is 6.22. The summed E-state index contributed by atoms with van der Waals surface area (Å²) >= 11 is 6.22. The maximum Gasteiger partial charge on any atom is 0.225 e. The molecule has 0 spiro atoms. The van der Waals surface area contributed by atoms with Gasteiger partial charge in [-0.2, -0.15) is 4.98 Å². The summed E-state index contributed by atoms with van der Waals surface area (Å²) in [6.07, 6.45) is 0. The molecule has 1 heterocycles. The van der Waals surface area contributed by atoms with Crippen LogP contribution in [0.4, 0.5) is 23.1 Å². The Labute approximate surface area is 171 Å². The van der Waals surface area contributed by atoms with Crippen LogP contribution < -0.4 is 15.5 Å². The highest BCUT2D eigenvalue weighted by molar-refractivity contribution is 6.31. The molecule has 0 aliphatic carbocycles. The topological polar surface area (TPSA) is 53.1 Å². The van der Waals surface area contributed by atoms with E-state index in [2.05, 4.69) is 63.6 Å². The van der Waals surface area contributed by atoms with E-state index in [4.69, 9.17) is 11.6 Å². The van der Waals surface area contributed by atoms with Crippen molar-refractivity contribution < 1.29 is 0 Å². The lowest BCUT2D eigenvalue weighted by atomic mass is 10.2. The van der Waals surface area contributed by atoms with E-state index in [1.807, 2.05) is 37.3 Å². The molecule has 146 valence electrons. The van der Waals surface area contributed by atoms with Gasteiger partial charge >= 0.3 is 0 Å². The third-order valence-electron chi connectivity index (χ3n) is 4.52. The summed E-state index contributed by atoms with van der Waals surface area (Å²) in [7, 11) is 0. The van der Waals surface area contributed by atoms with Crippen molar-refractivity contribution in [1.82, 2.24) is 9.97 Å². The second kappa shape index (κ2) is 9.42. The largest absolute Gasteiger partial charge is 0.372 e. The zero-order chi connectivity index (χ0) is 19.9. The smallest absolute Gasteiger partial charge is 0.225 e. The van der Waals surface area contributed by atoms with Crippen LogP contribution in [0, 0.1) is 6.92 Å². The van der Waals surface area contributed by atoms with E-state index in [0.717, 1.165) is 40.9 Å². The number of aromatic nitrogens is 2. The van der Waals surface area contributed by atoms with Crippen molar-refractivity contribution in [1.29, 1.82) is 0 Å². The van der Waals surface area contributed by atoms with Crippen molar-refractivity contribution in [3.8, 4) is 0 Å². The first-order valence-electron chi connectivity index (χ1n) is 9.54. The van der Waals surface area contributed by atoms with Gasteiger partial charge in [0.1, 0.15) is 5.82 Å². The lowest BCUT2D eigenvalue weighted by molar-refractivity contribution is 0.866. The Morgan fingerprint density at radius 1 is 0.964 bits per heavy atom. The van der Waals surface area contributed by atoms with Gasteiger partial charge in [0.15, 0.2) is 0 Å². The second-order valence-electron chi connectivity index (χ2n) is 6.51. The minimum atomic E-state index is 0.571. The maximum atomic E-state index is 6.22. The normalized spacial score (nSPS) is 10.6. The van der Waals surface area contributed by atoms with Crippen LogP contribution in [-0.2, 0) is 6.54 Å². The summed E-state index contributed by atoms with van der Waals surface area (Å²) in [5, 5.41) is 7.35. The average Bonchev–Trinajstić information content (AvgIpc) is 2.69. The average molecular weight is 396 g/mol. The van der Waals surface area contributed by atoms with Gasteiger partial charge in [-0.3, -0.25) is 0 Å². The Kier molecular flexibility index (Phi) is 6.71. The lowest BCUT2D eigenvalue weighted by Gasteiger charge is -2.21. The Balaban J connectivity index is 1.70. The van der Waals surface area contributed by atoms with Crippen LogP contribution in [-0.4, -0.2) is 23.1 Å². The predicted molar refractivity (Wildman–Crippen MR) is 119 cm³/mol. The van der Waals surface area contributed by atoms with Gasteiger partial charge in [-0.05, 0) is 56.7 Å². The molecule has 28 heavy (non-hydrogen) atoms. The fourth-order valence-electron chi connectivity index (χ4n) is 3.02. The summed E-state index contributed by atoms with van der Waals surface area (Å²) in [4.78, 5) is 11.4. The van der Waals surface area contributed by atoms with Gasteiger partial charge in [0.2, 0.25) is 5.95 Å². The molecular formula is C22H26ClN5. The number of halogens is 1. The van der Waals surface area contributed by atoms with Crippen molar-refractivity contribution in [2.75, 3.05) is 28.6 Å². The first kappa shape index (κ1) is 20.0. The van der Waals surface area contributed by atoms with Crippen molar-refractivity contribution in [2.45, 2.75) is 27.3 Å². The van der Waals surface area contributed by atoms with Crippen molar-refractivity contribution in [3.63, 3.8) is 0 Å². The molecule has 0 bridgehead atoms. The highest BCUT2D eigenvalue weighted by Gasteiger charge is 2.06. The summed E-state index contributed by atoms with van der Waals surface area (Å²) in [5.41, 5.74) is 4.11. The summed E-state index contributed by atoms with van der Waals surface area (Å²) in [6.45, 7) is 8.84. The van der Waals surface area contributed by atoms with E-state index >= 15 is 0 Å². The van der Waals surface area contributed by atoms with Crippen molar-refractivity contribution in [3.05, 3.63) is 70.9 Å². The summed E-state index contributed by atoms with van der Waals surface area (Å²) < 4.78 is 0. The number of hydrogen-bond donors (Lipinski definition) is 2. The number of anilines is 4. The van der Waals surface area contributed by atoms with Crippen LogP contribution in [0.1, 0.15) is 25.1 Å². The highest BCUT2D eigenvalue weighted by Crippen LogP contribution is 2.22. The molecule has 0 aliphatic rings. The Morgan fingerprint density at radius 2 is 1.68 bits per heavy atom. The van der Waals surface area contributed by atoms with Gasteiger partial charge in [0, 0.05) is 47.8 Å². The van der Waals surface area contributed by atoms with E-state index in [1.54, 1.807) is 0 Å². The second-order valence-corrected chi connectivity index (χ2v) is 6.91. The molecule has 3 aromatic rings. The number of aryl methyl sites for hydroxylation is 1. The van der Waals surface area contributed by atoms with E-state index in [1.165, 1.54) is 5.69 Å². The van der Waals surface area contributed by atoms with Crippen molar-refractivity contribution in [2.24, 2.45) is 0 Å². The fourth-order valence-corrected chi connectivity index (χ4v) is 3.22.